The number of nitrogens with zero attached hydrogens (tertiary/aromatic N) is 1. The summed E-state index contributed by atoms with van der Waals surface area (Å²) >= 11 is 1.21. The van der Waals surface area contributed by atoms with Gasteiger partial charge in [0, 0.05) is 37.4 Å². The van der Waals surface area contributed by atoms with Crippen LogP contribution < -0.4 is 0 Å². The Kier molecular flexibility index (Phi) is 9.89. The molecule has 5 atom stereocenters. The predicted octanol–water partition coefficient (Wildman–Crippen LogP) is 5.59. The fourth-order valence-corrected chi connectivity index (χ4v) is 5.88. The molecule has 1 aliphatic heterocycles. The van der Waals surface area contributed by atoms with Crippen LogP contribution in [0.25, 0.3) is 10.8 Å². The average molecular weight is 604 g/mol. The quantitative estimate of drug-likeness (QED) is 0.187. The summed E-state index contributed by atoms with van der Waals surface area (Å²) in [6.45, 7) is 3.14. The fraction of sp³-hybridized carbons (Fsp3) is 0.333. The van der Waals surface area contributed by atoms with Crippen molar-refractivity contribution in [1.82, 2.24) is 0 Å². The number of halogens is 3. The van der Waals surface area contributed by atoms with Crippen LogP contribution in [-0.2, 0) is 39.5 Å². The van der Waals surface area contributed by atoms with E-state index >= 15 is 0 Å². The van der Waals surface area contributed by atoms with Gasteiger partial charge in [0.1, 0.15) is 24.2 Å². The average Bonchev–Trinajstić information content (AvgIpc) is 2.92. The third kappa shape index (κ3) is 7.68. The van der Waals surface area contributed by atoms with Crippen molar-refractivity contribution in [2.45, 2.75) is 61.6 Å². The molecule has 3 aromatic carbocycles. The van der Waals surface area contributed by atoms with Crippen molar-refractivity contribution in [2.24, 2.45) is 4.99 Å². The number of fused-ring (bicyclic) bond motifs is 1. The van der Waals surface area contributed by atoms with Gasteiger partial charge < -0.3 is 18.9 Å². The predicted molar refractivity (Wildman–Crippen MR) is 149 cm³/mol. The number of esters is 3. The second-order valence-corrected chi connectivity index (χ2v) is 10.6. The minimum atomic E-state index is -4.65. The van der Waals surface area contributed by atoms with Crippen LogP contribution in [0.3, 0.4) is 0 Å². The zero-order chi connectivity index (χ0) is 30.4. The minimum absolute atomic E-state index is 0.216. The van der Waals surface area contributed by atoms with Gasteiger partial charge in [-0.25, -0.2) is 0 Å². The van der Waals surface area contributed by atoms with Gasteiger partial charge in [-0.15, -0.1) is 0 Å². The number of ether oxygens (including phenoxy) is 4. The van der Waals surface area contributed by atoms with Crippen molar-refractivity contribution >= 4 is 46.7 Å². The van der Waals surface area contributed by atoms with E-state index < -0.39 is 59.4 Å². The summed E-state index contributed by atoms with van der Waals surface area (Å²) in [5.41, 5.74) is -2.09. The Hall–Kier alpha value is -3.90. The number of alkyl halides is 3. The van der Waals surface area contributed by atoms with Crippen LogP contribution in [0, 0.1) is 0 Å². The van der Waals surface area contributed by atoms with Crippen LogP contribution in [0.15, 0.2) is 76.6 Å². The largest absolute Gasteiger partial charge is 0.463 e. The molecule has 0 aliphatic carbocycles. The lowest BCUT2D eigenvalue weighted by molar-refractivity contribution is -0.208. The zero-order valence-corrected chi connectivity index (χ0v) is 23.7. The van der Waals surface area contributed by atoms with Crippen molar-refractivity contribution in [2.75, 3.05) is 6.61 Å². The molecule has 0 aromatic heterocycles. The van der Waals surface area contributed by atoms with E-state index in [0.29, 0.717) is 0 Å². The SMILES string of the molecule is CC(=O)OC[C@H]1O[C@H](Sc2cccc3ccccc23)[C@H](N=Cc2ccccc2C(F)(F)F)[C@@H](OC(C)=O)[C@@H]1OC(C)=O. The molecule has 4 rings (SSSR count). The van der Waals surface area contributed by atoms with E-state index in [1.54, 1.807) is 0 Å². The molecular weight excluding hydrogens is 575 g/mol. The lowest BCUT2D eigenvalue weighted by atomic mass is 9.97. The maximum absolute atomic E-state index is 13.7. The van der Waals surface area contributed by atoms with E-state index in [9.17, 15) is 27.6 Å². The molecule has 0 N–H and O–H groups in total. The standard InChI is InChI=1S/C30H28F3NO7S/c1-17(35)38-16-24-27(39-18(2)36)28(40-19(3)37)26(34-15-21-10-5-7-13-23(21)30(31,32)33)29(41-24)42-25-14-8-11-20-9-4-6-12-22(20)25/h4-15,24,26-29H,16H2,1-3H3/t24-,26-,27-,28-,29-/m1/s1. The molecule has 1 fully saturated rings. The number of hydrogen-bond donors (Lipinski definition) is 0. The normalized spacial score (nSPS) is 22.6. The van der Waals surface area contributed by atoms with Gasteiger partial charge >= 0.3 is 24.1 Å². The molecule has 1 aliphatic rings. The topological polar surface area (TPSA) is 100 Å². The van der Waals surface area contributed by atoms with E-state index in [4.69, 9.17) is 18.9 Å². The van der Waals surface area contributed by atoms with Crippen LogP contribution in [0.5, 0.6) is 0 Å². The van der Waals surface area contributed by atoms with Gasteiger partial charge in [-0.1, -0.05) is 66.4 Å². The smallest absolute Gasteiger partial charge is 0.417 e. The molecule has 0 saturated carbocycles. The van der Waals surface area contributed by atoms with Crippen LogP contribution in [0.1, 0.15) is 31.9 Å². The zero-order valence-electron chi connectivity index (χ0n) is 22.9. The number of benzene rings is 3. The number of thioether (sulfide) groups is 1. The Labute approximate surface area is 244 Å². The summed E-state index contributed by atoms with van der Waals surface area (Å²) in [5, 5.41) is 1.81. The molecule has 0 spiro atoms. The van der Waals surface area contributed by atoms with E-state index in [1.165, 1.54) is 36.9 Å². The van der Waals surface area contributed by atoms with Gasteiger partial charge in [-0.2, -0.15) is 13.2 Å². The van der Waals surface area contributed by atoms with E-state index in [1.807, 2.05) is 42.5 Å². The van der Waals surface area contributed by atoms with E-state index in [-0.39, 0.29) is 12.2 Å². The molecule has 3 aromatic rings. The maximum Gasteiger partial charge on any atom is 0.417 e. The third-order valence-corrected chi connectivity index (χ3v) is 7.55. The summed E-state index contributed by atoms with van der Waals surface area (Å²) in [5.74, 6) is -2.10. The Morgan fingerprint density at radius 1 is 0.881 bits per heavy atom. The number of rotatable bonds is 8. The molecule has 222 valence electrons. The van der Waals surface area contributed by atoms with Crippen molar-refractivity contribution in [3.63, 3.8) is 0 Å². The lowest BCUT2D eigenvalue weighted by Crippen LogP contribution is -2.60. The first-order valence-electron chi connectivity index (χ1n) is 12.9. The van der Waals surface area contributed by atoms with E-state index in [0.717, 1.165) is 41.8 Å². The third-order valence-electron chi connectivity index (χ3n) is 6.31. The molecule has 8 nitrogen and oxygen atoms in total. The highest BCUT2D eigenvalue weighted by Crippen LogP contribution is 2.40. The lowest BCUT2D eigenvalue weighted by Gasteiger charge is -2.43. The van der Waals surface area contributed by atoms with Gasteiger partial charge in [-0.05, 0) is 22.9 Å². The first-order valence-corrected chi connectivity index (χ1v) is 13.8. The van der Waals surface area contributed by atoms with Gasteiger partial charge in [0.15, 0.2) is 12.2 Å². The molecular formula is C30H28F3NO7S. The Bertz CT molecular complexity index is 1470. The minimum Gasteiger partial charge on any atom is -0.463 e. The van der Waals surface area contributed by atoms with Crippen LogP contribution >= 0.6 is 11.8 Å². The molecule has 0 bridgehead atoms. The monoisotopic (exact) mass is 603 g/mol. The van der Waals surface area contributed by atoms with Crippen molar-refractivity contribution < 1.29 is 46.5 Å². The summed E-state index contributed by atoms with van der Waals surface area (Å²) in [7, 11) is 0. The molecule has 0 unspecified atom stereocenters. The highest BCUT2D eigenvalue weighted by atomic mass is 32.2. The maximum atomic E-state index is 13.7. The number of carbonyl (C=O) groups excluding carboxylic acids is 3. The van der Waals surface area contributed by atoms with Crippen LogP contribution in [0.4, 0.5) is 13.2 Å². The Balaban J connectivity index is 1.83. The van der Waals surface area contributed by atoms with Gasteiger partial charge in [-0.3, -0.25) is 19.4 Å². The summed E-state index contributed by atoms with van der Waals surface area (Å²) in [6, 6.07) is 16.9. The second-order valence-electron chi connectivity index (χ2n) is 9.44. The van der Waals surface area contributed by atoms with Crippen molar-refractivity contribution in [3.05, 3.63) is 77.9 Å². The molecule has 1 saturated heterocycles. The van der Waals surface area contributed by atoms with E-state index in [2.05, 4.69) is 4.99 Å². The number of hydrogen-bond acceptors (Lipinski definition) is 9. The summed E-state index contributed by atoms with van der Waals surface area (Å²) in [6.07, 6.45) is -7.25. The first-order chi connectivity index (χ1) is 19.9. The second kappa shape index (κ2) is 13.4. The van der Waals surface area contributed by atoms with Crippen LogP contribution in [0.2, 0.25) is 0 Å². The van der Waals surface area contributed by atoms with Gasteiger partial charge in [0.25, 0.3) is 0 Å². The van der Waals surface area contributed by atoms with Gasteiger partial charge in [0.2, 0.25) is 0 Å². The number of aliphatic imine (C=N–C) groups is 1. The molecule has 42 heavy (non-hydrogen) atoms. The molecule has 1 heterocycles. The Morgan fingerprint density at radius 2 is 1.52 bits per heavy atom. The Morgan fingerprint density at radius 3 is 2.21 bits per heavy atom. The first kappa shape index (κ1) is 31.0. The summed E-state index contributed by atoms with van der Waals surface area (Å²) < 4.78 is 63.7. The highest BCUT2D eigenvalue weighted by molar-refractivity contribution is 8.00. The highest BCUT2D eigenvalue weighted by Gasteiger charge is 2.50. The molecule has 0 radical (unpaired) electrons. The molecule has 0 amide bonds. The van der Waals surface area contributed by atoms with Crippen LogP contribution in [-0.4, -0.2) is 60.5 Å². The number of carbonyl (C=O) groups is 3. The van der Waals surface area contributed by atoms with Crippen molar-refractivity contribution in [1.29, 1.82) is 0 Å². The van der Waals surface area contributed by atoms with Crippen molar-refractivity contribution in [3.8, 4) is 0 Å². The molecule has 12 heteroatoms. The summed E-state index contributed by atoms with van der Waals surface area (Å²) in [4.78, 5) is 41.2. The van der Waals surface area contributed by atoms with Gasteiger partial charge in [0.05, 0.1) is 5.56 Å². The fourth-order valence-electron chi connectivity index (χ4n) is 4.60.